The zero-order valence-corrected chi connectivity index (χ0v) is 18.8. The minimum absolute atomic E-state index is 0.0344. The maximum absolute atomic E-state index is 12.3. The number of para-hydroxylation sites is 1. The lowest BCUT2D eigenvalue weighted by Crippen LogP contribution is -2.04. The van der Waals surface area contributed by atoms with Gasteiger partial charge < -0.3 is 14.8 Å². The highest BCUT2D eigenvalue weighted by Gasteiger charge is 2.12. The molecule has 0 aromatic heterocycles. The van der Waals surface area contributed by atoms with Gasteiger partial charge in [0, 0.05) is 23.0 Å². The number of nitrogens with zero attached hydrogens (tertiary/aromatic N) is 2. The Morgan fingerprint density at radius 3 is 2.00 bits per heavy atom. The van der Waals surface area contributed by atoms with Gasteiger partial charge in [-0.2, -0.15) is 10.5 Å². The molecule has 0 aliphatic heterocycles. The topological polar surface area (TPSA) is 112 Å². The number of rotatable bonds is 8. The van der Waals surface area contributed by atoms with E-state index in [4.69, 9.17) is 20.0 Å². The van der Waals surface area contributed by atoms with Gasteiger partial charge in [0.2, 0.25) is 5.78 Å². The molecule has 1 N–H and O–H groups in total. The molecule has 0 atom stereocenters. The molecule has 0 heterocycles. The number of nitriles is 2. The van der Waals surface area contributed by atoms with Crippen molar-refractivity contribution >= 4 is 17.3 Å². The van der Waals surface area contributed by atoms with E-state index in [9.17, 15) is 9.59 Å². The quantitative estimate of drug-likeness (QED) is 0.284. The Hall–Kier alpha value is -4.88. The van der Waals surface area contributed by atoms with E-state index in [1.807, 2.05) is 42.5 Å². The Kier molecular flexibility index (Phi) is 10.1. The first kappa shape index (κ1) is 25.4. The molecule has 34 heavy (non-hydrogen) atoms. The van der Waals surface area contributed by atoms with Crippen molar-refractivity contribution in [1.82, 2.24) is 0 Å². The summed E-state index contributed by atoms with van der Waals surface area (Å²) < 4.78 is 10.0. The van der Waals surface area contributed by atoms with Crippen molar-refractivity contribution in [1.29, 1.82) is 10.5 Å². The largest absolute Gasteiger partial charge is 0.497 e. The Bertz CT molecular complexity index is 1240. The van der Waals surface area contributed by atoms with Crippen LogP contribution in [0.25, 0.3) is 0 Å². The van der Waals surface area contributed by atoms with Gasteiger partial charge in [-0.05, 0) is 36.4 Å². The molecular weight excluding hydrogens is 430 g/mol. The summed E-state index contributed by atoms with van der Waals surface area (Å²) in [6.07, 6.45) is 1.32. The molecule has 7 heteroatoms. The van der Waals surface area contributed by atoms with Crippen LogP contribution in [0.2, 0.25) is 0 Å². The number of hydrogen-bond donors (Lipinski definition) is 1. The van der Waals surface area contributed by atoms with Crippen molar-refractivity contribution in [3.8, 4) is 23.6 Å². The van der Waals surface area contributed by atoms with Crippen LogP contribution in [-0.2, 0) is 0 Å². The summed E-state index contributed by atoms with van der Waals surface area (Å²) in [5.41, 5.74) is 1.77. The van der Waals surface area contributed by atoms with Crippen molar-refractivity contribution in [3.63, 3.8) is 0 Å². The van der Waals surface area contributed by atoms with Crippen LogP contribution >= 0.6 is 0 Å². The molecule has 0 spiro atoms. The van der Waals surface area contributed by atoms with Crippen LogP contribution in [0.1, 0.15) is 27.1 Å². The fourth-order valence-corrected chi connectivity index (χ4v) is 2.73. The average molecular weight is 453 g/mol. The molecular formula is C27H23N3O4. The van der Waals surface area contributed by atoms with Crippen LogP contribution in [0.5, 0.6) is 11.5 Å². The summed E-state index contributed by atoms with van der Waals surface area (Å²) in [5.74, 6) is 0.680. The van der Waals surface area contributed by atoms with Gasteiger partial charge in [0.05, 0.1) is 26.7 Å². The van der Waals surface area contributed by atoms with Crippen molar-refractivity contribution in [3.05, 3.63) is 102 Å². The number of ketones is 2. The molecule has 3 aromatic rings. The van der Waals surface area contributed by atoms with Crippen molar-refractivity contribution in [2.45, 2.75) is 6.42 Å². The number of hydrogen-bond acceptors (Lipinski definition) is 7. The first-order valence-electron chi connectivity index (χ1n) is 10.2. The molecule has 3 rings (SSSR count). The second-order valence-electron chi connectivity index (χ2n) is 6.73. The number of methoxy groups -OCH3 is 2. The zero-order chi connectivity index (χ0) is 24.8. The second-order valence-corrected chi connectivity index (χ2v) is 6.73. The average Bonchev–Trinajstić information content (AvgIpc) is 2.90. The van der Waals surface area contributed by atoms with Crippen LogP contribution in [0, 0.1) is 22.7 Å². The van der Waals surface area contributed by atoms with Crippen LogP contribution < -0.4 is 14.8 Å². The summed E-state index contributed by atoms with van der Waals surface area (Å²) in [6.45, 7) is 0. The summed E-state index contributed by atoms with van der Waals surface area (Å²) in [6, 6.07) is 26.5. The zero-order valence-electron chi connectivity index (χ0n) is 18.8. The number of carbonyl (C=O) groups excluding carboxylic acids is 2. The van der Waals surface area contributed by atoms with Crippen LogP contribution in [0.15, 0.2) is 90.6 Å². The van der Waals surface area contributed by atoms with E-state index in [0.29, 0.717) is 22.6 Å². The predicted molar refractivity (Wildman–Crippen MR) is 129 cm³/mol. The Morgan fingerprint density at radius 2 is 1.44 bits per heavy atom. The number of ether oxygens (including phenoxy) is 2. The highest BCUT2D eigenvalue weighted by atomic mass is 16.5. The van der Waals surface area contributed by atoms with Gasteiger partial charge in [0.1, 0.15) is 23.1 Å². The molecule has 0 fully saturated rings. The van der Waals surface area contributed by atoms with E-state index in [2.05, 4.69) is 5.32 Å². The van der Waals surface area contributed by atoms with Gasteiger partial charge in [0.15, 0.2) is 5.78 Å². The van der Waals surface area contributed by atoms with Crippen LogP contribution in [0.3, 0.4) is 0 Å². The van der Waals surface area contributed by atoms with E-state index in [0.717, 1.165) is 5.69 Å². The van der Waals surface area contributed by atoms with Crippen molar-refractivity contribution in [2.24, 2.45) is 0 Å². The Balaban J connectivity index is 0.000000270. The lowest BCUT2D eigenvalue weighted by molar-refractivity contribution is 0.0995. The molecule has 0 aliphatic carbocycles. The molecule has 0 bridgehead atoms. The third-order valence-corrected chi connectivity index (χ3v) is 4.49. The van der Waals surface area contributed by atoms with Crippen LogP contribution in [-0.4, -0.2) is 25.8 Å². The monoisotopic (exact) mass is 453 g/mol. The lowest BCUT2D eigenvalue weighted by Gasteiger charge is -2.04. The Morgan fingerprint density at radius 1 is 0.853 bits per heavy atom. The van der Waals surface area contributed by atoms with E-state index < -0.39 is 0 Å². The number of nitrogens with one attached hydrogen (secondary N) is 1. The first-order valence-corrected chi connectivity index (χ1v) is 10.2. The second kappa shape index (κ2) is 13.5. The van der Waals surface area contributed by atoms with E-state index in [-0.39, 0.29) is 23.6 Å². The SMILES string of the molecule is COc1cccc(C(=O)C(C#N)=CNc2ccccc2)c1.COc1cccc(C(=O)CC#N)c1. The highest BCUT2D eigenvalue weighted by Crippen LogP contribution is 2.16. The number of benzene rings is 3. The summed E-state index contributed by atoms with van der Waals surface area (Å²) in [7, 11) is 3.06. The molecule has 0 aliphatic rings. The Labute approximate surface area is 198 Å². The number of anilines is 1. The van der Waals surface area contributed by atoms with Crippen molar-refractivity contribution in [2.75, 3.05) is 19.5 Å². The molecule has 0 unspecified atom stereocenters. The molecule has 0 amide bonds. The van der Waals surface area contributed by atoms with Crippen molar-refractivity contribution < 1.29 is 19.1 Å². The standard InChI is InChI=1S/C17H14N2O2.C10H9NO2/c1-21-16-9-5-6-13(10-16)17(20)14(11-18)12-19-15-7-3-2-4-8-15;1-13-9-4-2-3-8(7-9)10(12)5-6-11/h2-10,12,19H,1H3;2-4,7H,5H2,1H3. The van der Waals surface area contributed by atoms with Gasteiger partial charge in [-0.3, -0.25) is 9.59 Å². The normalized spacial score (nSPS) is 9.94. The van der Waals surface area contributed by atoms with Gasteiger partial charge >= 0.3 is 0 Å². The maximum atomic E-state index is 12.3. The summed E-state index contributed by atoms with van der Waals surface area (Å²) in [4.78, 5) is 23.5. The summed E-state index contributed by atoms with van der Waals surface area (Å²) >= 11 is 0. The molecule has 0 saturated carbocycles. The third-order valence-electron chi connectivity index (χ3n) is 4.49. The van der Waals surface area contributed by atoms with Gasteiger partial charge in [-0.25, -0.2) is 0 Å². The number of carbonyl (C=O) groups is 2. The number of Topliss-reactive ketones (excluding diaryl/α,β-unsaturated/α-hetero) is 2. The lowest BCUT2D eigenvalue weighted by atomic mass is 10.0. The van der Waals surface area contributed by atoms with Gasteiger partial charge in [0.25, 0.3) is 0 Å². The van der Waals surface area contributed by atoms with E-state index in [1.165, 1.54) is 20.4 Å². The fourth-order valence-electron chi connectivity index (χ4n) is 2.73. The molecule has 170 valence electrons. The van der Waals surface area contributed by atoms with Gasteiger partial charge in [-0.1, -0.05) is 42.5 Å². The highest BCUT2D eigenvalue weighted by molar-refractivity contribution is 6.11. The van der Waals surface area contributed by atoms with Gasteiger partial charge in [-0.15, -0.1) is 0 Å². The smallest absolute Gasteiger partial charge is 0.205 e. The predicted octanol–water partition coefficient (Wildman–Crippen LogP) is 5.19. The molecule has 7 nitrogen and oxygen atoms in total. The van der Waals surface area contributed by atoms with E-state index in [1.54, 1.807) is 48.5 Å². The molecule has 3 aromatic carbocycles. The fraction of sp³-hybridized carbons (Fsp3) is 0.111. The maximum Gasteiger partial charge on any atom is 0.205 e. The minimum atomic E-state index is -0.347. The first-order chi connectivity index (χ1) is 16.5. The van der Waals surface area contributed by atoms with E-state index >= 15 is 0 Å². The number of allylic oxidation sites excluding steroid dienone is 1. The molecule has 0 saturated heterocycles. The summed E-state index contributed by atoms with van der Waals surface area (Å²) in [5, 5.41) is 20.4. The minimum Gasteiger partial charge on any atom is -0.497 e. The molecule has 0 radical (unpaired) electrons. The third kappa shape index (κ3) is 7.67. The van der Waals surface area contributed by atoms with Crippen LogP contribution in [0.4, 0.5) is 5.69 Å².